The minimum atomic E-state index is -4.56. The quantitative estimate of drug-likeness (QED) is 0.115. The van der Waals surface area contributed by atoms with Gasteiger partial charge in [-0.15, -0.1) is 0 Å². The summed E-state index contributed by atoms with van der Waals surface area (Å²) in [6.07, 6.45) is 11.3. The SMILES string of the molecule is CC1=C(/C=C/C2=C(Cl)C(=C/C=C3/N(C)c4ccc5cc(S(=O)(=O)[O-])ccc5c4C3(C)C)/CCC2)C(C)(C)c2c1ccc1cc(C(=O)O[O-])ccc21. The molecule has 262 valence electrons. The highest BCUT2D eigenvalue weighted by Gasteiger charge is 2.40. The molecule has 0 aromatic heterocycles. The van der Waals surface area contributed by atoms with E-state index in [1.807, 2.05) is 31.3 Å². The number of hydrogen-bond acceptors (Lipinski definition) is 7. The van der Waals surface area contributed by atoms with Gasteiger partial charge in [0.15, 0.2) is 0 Å². The molecule has 2 aliphatic carbocycles. The molecular formula is C42H38ClNO6S-2. The normalized spacial score (nSPS) is 20.0. The zero-order valence-electron chi connectivity index (χ0n) is 29.4. The molecule has 1 heterocycles. The number of rotatable bonds is 5. The Bertz CT molecular complexity index is 2460. The third kappa shape index (κ3) is 5.65. The minimum absolute atomic E-state index is 0.229. The lowest BCUT2D eigenvalue weighted by atomic mass is 9.78. The van der Waals surface area contributed by atoms with Gasteiger partial charge >= 0.3 is 5.97 Å². The molecule has 0 spiro atoms. The Morgan fingerprint density at radius 2 is 1.57 bits per heavy atom. The summed E-state index contributed by atoms with van der Waals surface area (Å²) in [6, 6.07) is 17.7. The van der Waals surface area contributed by atoms with Crippen LogP contribution >= 0.6 is 11.6 Å². The fourth-order valence-corrected chi connectivity index (χ4v) is 9.35. The molecule has 0 bridgehead atoms. The van der Waals surface area contributed by atoms with Crippen LogP contribution in [0.5, 0.6) is 0 Å². The summed E-state index contributed by atoms with van der Waals surface area (Å²) in [5, 5.41) is 15.0. The zero-order valence-corrected chi connectivity index (χ0v) is 31.0. The van der Waals surface area contributed by atoms with Crippen molar-refractivity contribution in [2.24, 2.45) is 0 Å². The van der Waals surface area contributed by atoms with E-state index in [9.17, 15) is 23.0 Å². The van der Waals surface area contributed by atoms with Gasteiger partial charge in [0.1, 0.15) is 10.1 Å². The first-order valence-electron chi connectivity index (χ1n) is 16.9. The number of nitrogens with zero attached hydrogens (tertiary/aromatic N) is 1. The van der Waals surface area contributed by atoms with Crippen molar-refractivity contribution in [2.45, 2.75) is 69.6 Å². The Kier molecular flexibility index (Phi) is 8.46. The molecule has 7 rings (SSSR count). The molecule has 1 aliphatic heterocycles. The Hall–Kier alpha value is -4.47. The van der Waals surface area contributed by atoms with Crippen molar-refractivity contribution < 1.29 is 27.9 Å². The van der Waals surface area contributed by atoms with Crippen molar-refractivity contribution in [1.82, 2.24) is 0 Å². The van der Waals surface area contributed by atoms with E-state index in [-0.39, 0.29) is 15.9 Å². The van der Waals surface area contributed by atoms with Crippen LogP contribution in [-0.4, -0.2) is 26.0 Å². The third-order valence-electron chi connectivity index (χ3n) is 11.0. The predicted octanol–water partition coefficient (Wildman–Crippen LogP) is 8.86. The molecule has 7 nitrogen and oxygen atoms in total. The molecule has 0 saturated heterocycles. The molecule has 0 saturated carbocycles. The van der Waals surface area contributed by atoms with Crippen LogP contribution in [0.3, 0.4) is 0 Å². The smallest absolute Gasteiger partial charge is 0.332 e. The highest BCUT2D eigenvalue weighted by Crippen LogP contribution is 2.51. The fraction of sp³-hybridized carbons (Fsp3) is 0.262. The summed E-state index contributed by atoms with van der Waals surface area (Å²) in [7, 11) is -2.52. The van der Waals surface area contributed by atoms with Crippen LogP contribution in [0.4, 0.5) is 5.69 Å². The van der Waals surface area contributed by atoms with Crippen molar-refractivity contribution in [3.05, 3.63) is 135 Å². The van der Waals surface area contributed by atoms with E-state index in [0.717, 1.165) is 74.1 Å². The van der Waals surface area contributed by atoms with Crippen LogP contribution in [0, 0.1) is 0 Å². The topological polar surface area (TPSA) is 110 Å². The lowest BCUT2D eigenvalue weighted by Crippen LogP contribution is -2.22. The summed E-state index contributed by atoms with van der Waals surface area (Å²) >= 11 is 7.14. The molecule has 0 amide bonds. The Morgan fingerprint density at radius 3 is 2.29 bits per heavy atom. The van der Waals surface area contributed by atoms with Gasteiger partial charge in [-0.3, -0.25) is 0 Å². The molecule has 0 fully saturated rings. The summed E-state index contributed by atoms with van der Waals surface area (Å²) in [5.74, 6) is -0.896. The molecule has 0 radical (unpaired) electrons. The monoisotopic (exact) mass is 719 g/mol. The fourth-order valence-electron chi connectivity index (χ4n) is 8.53. The van der Waals surface area contributed by atoms with E-state index in [2.05, 4.69) is 74.8 Å². The van der Waals surface area contributed by atoms with Gasteiger partial charge in [-0.2, -0.15) is 0 Å². The Balaban J connectivity index is 1.20. The van der Waals surface area contributed by atoms with Gasteiger partial charge in [-0.25, -0.2) is 13.2 Å². The summed E-state index contributed by atoms with van der Waals surface area (Å²) < 4.78 is 35.0. The first-order valence-corrected chi connectivity index (χ1v) is 18.7. The molecule has 0 N–H and O–H groups in total. The van der Waals surface area contributed by atoms with Crippen LogP contribution in [0.2, 0.25) is 0 Å². The van der Waals surface area contributed by atoms with Crippen molar-refractivity contribution >= 4 is 60.5 Å². The van der Waals surface area contributed by atoms with Crippen molar-refractivity contribution in [3.8, 4) is 0 Å². The average molecular weight is 720 g/mol. The minimum Gasteiger partial charge on any atom is -0.744 e. The largest absolute Gasteiger partial charge is 0.744 e. The highest BCUT2D eigenvalue weighted by atomic mass is 35.5. The predicted molar refractivity (Wildman–Crippen MR) is 200 cm³/mol. The second-order valence-electron chi connectivity index (χ2n) is 14.7. The number of halogens is 1. The second kappa shape index (κ2) is 12.3. The summed E-state index contributed by atoms with van der Waals surface area (Å²) in [5.41, 5.74) is 9.60. The standard InChI is InChI=1S/C42H40ClNO6S/c1-24-31-16-10-27-22-29(40(45)50-46)11-17-32(27)37(31)41(2,3)34(24)19-12-25-8-7-9-26(39(25)43)14-21-36-42(4,5)38-33-18-15-30(51(47,48)49)23-28(33)13-20-35(38)44(36)6/h10-23,46H,7-9H2,1-6H3,(H,47,48,49)/p-2/b19-12+,26-14+,36-21+. The number of anilines is 1. The number of carbonyl (C=O) groups excluding carboxylic acids is 1. The lowest BCUT2D eigenvalue weighted by molar-refractivity contribution is -0.653. The Labute approximate surface area is 303 Å². The van der Waals surface area contributed by atoms with Gasteiger partial charge in [0.25, 0.3) is 0 Å². The van der Waals surface area contributed by atoms with Crippen LogP contribution in [-0.2, 0) is 25.8 Å². The van der Waals surface area contributed by atoms with E-state index in [1.54, 1.807) is 18.2 Å². The summed E-state index contributed by atoms with van der Waals surface area (Å²) in [6.45, 7) is 10.9. The van der Waals surface area contributed by atoms with E-state index in [4.69, 9.17) is 11.6 Å². The van der Waals surface area contributed by atoms with Crippen molar-refractivity contribution in [2.75, 3.05) is 11.9 Å². The Morgan fingerprint density at radius 1 is 0.882 bits per heavy atom. The zero-order chi connectivity index (χ0) is 36.6. The number of carbonyl (C=O) groups is 1. The number of likely N-dealkylation sites (N-methyl/N-ethyl adjacent to an activating group) is 1. The maximum atomic E-state index is 11.9. The van der Waals surface area contributed by atoms with Gasteiger partial charge in [-0.05, 0) is 123 Å². The number of benzene rings is 4. The maximum absolute atomic E-state index is 11.9. The van der Waals surface area contributed by atoms with E-state index < -0.39 is 21.5 Å². The van der Waals surface area contributed by atoms with Crippen LogP contribution in [0.1, 0.15) is 80.9 Å². The first kappa shape index (κ1) is 35.0. The number of hydrogen-bond donors (Lipinski definition) is 0. The third-order valence-corrected chi connectivity index (χ3v) is 12.3. The second-order valence-corrected chi connectivity index (χ2v) is 16.5. The molecule has 4 aromatic carbocycles. The van der Waals surface area contributed by atoms with E-state index >= 15 is 0 Å². The number of fused-ring (bicyclic) bond motifs is 6. The van der Waals surface area contributed by atoms with Crippen molar-refractivity contribution in [3.63, 3.8) is 0 Å². The van der Waals surface area contributed by atoms with Crippen LogP contribution < -0.4 is 10.2 Å². The molecule has 51 heavy (non-hydrogen) atoms. The molecule has 0 atom stereocenters. The van der Waals surface area contributed by atoms with E-state index in [0.29, 0.717) is 5.39 Å². The molecular weight excluding hydrogens is 682 g/mol. The lowest BCUT2D eigenvalue weighted by Gasteiger charge is -2.25. The average Bonchev–Trinajstić information content (AvgIpc) is 3.42. The van der Waals surface area contributed by atoms with Crippen LogP contribution in [0.15, 0.2) is 117 Å². The van der Waals surface area contributed by atoms with Gasteiger partial charge in [-0.1, -0.05) is 87.9 Å². The van der Waals surface area contributed by atoms with Gasteiger partial charge in [0.05, 0.1) is 10.5 Å². The molecule has 3 aliphatic rings. The maximum Gasteiger partial charge on any atom is 0.332 e. The summed E-state index contributed by atoms with van der Waals surface area (Å²) in [4.78, 5) is 17.5. The molecule has 4 aromatic rings. The van der Waals surface area contributed by atoms with Gasteiger partial charge in [0.2, 0.25) is 0 Å². The van der Waals surface area contributed by atoms with Crippen molar-refractivity contribution in [1.29, 1.82) is 0 Å². The van der Waals surface area contributed by atoms with E-state index in [1.165, 1.54) is 28.8 Å². The highest BCUT2D eigenvalue weighted by molar-refractivity contribution is 7.85. The first-order chi connectivity index (χ1) is 24.0. The van der Waals surface area contributed by atoms with Crippen LogP contribution in [0.25, 0.3) is 27.1 Å². The molecule has 0 unspecified atom stereocenters. The number of allylic oxidation sites excluding steroid dienone is 10. The van der Waals surface area contributed by atoms with Gasteiger partial charge < -0.3 is 19.6 Å². The molecule has 9 heteroatoms. The van der Waals surface area contributed by atoms with Gasteiger partial charge in [0, 0.05) is 34.3 Å².